The van der Waals surface area contributed by atoms with Crippen LogP contribution >= 0.6 is 0 Å². The van der Waals surface area contributed by atoms with Crippen LogP contribution in [0.4, 0.5) is 17.5 Å². The second-order valence-electron chi connectivity index (χ2n) is 9.54. The zero-order chi connectivity index (χ0) is 26.5. The molecule has 1 amide bonds. The first kappa shape index (κ1) is 25.4. The average molecular weight is 513 g/mol. The van der Waals surface area contributed by atoms with Crippen molar-refractivity contribution in [3.63, 3.8) is 0 Å². The number of carbonyl (C=O) groups excluding carboxylic acids is 1. The van der Waals surface area contributed by atoms with Gasteiger partial charge in [0.15, 0.2) is 0 Å². The van der Waals surface area contributed by atoms with Crippen molar-refractivity contribution in [2.24, 2.45) is 0 Å². The van der Waals surface area contributed by atoms with Crippen molar-refractivity contribution in [3.8, 4) is 11.1 Å². The zero-order valence-corrected chi connectivity index (χ0v) is 21.6. The normalized spacial score (nSPS) is 13.6. The fraction of sp³-hybridized carbons (Fsp3) is 0.286. The van der Waals surface area contributed by atoms with E-state index in [2.05, 4.69) is 30.9 Å². The molecule has 1 aliphatic rings. The van der Waals surface area contributed by atoms with E-state index in [0.717, 1.165) is 47.5 Å². The maximum Gasteiger partial charge on any atom is 0.251 e. The van der Waals surface area contributed by atoms with Gasteiger partial charge in [-0.25, -0.2) is 4.98 Å². The van der Waals surface area contributed by atoms with Crippen molar-refractivity contribution in [2.45, 2.75) is 19.0 Å². The van der Waals surface area contributed by atoms with E-state index in [1.807, 2.05) is 73.5 Å². The summed E-state index contributed by atoms with van der Waals surface area (Å²) in [5, 5.41) is 24.3. The summed E-state index contributed by atoms with van der Waals surface area (Å²) in [6.07, 6.45) is 6.32. The second kappa shape index (κ2) is 11.4. The molecule has 2 aromatic carbocycles. The first-order valence-corrected chi connectivity index (χ1v) is 12.7. The number of rotatable bonds is 10. The number of fused-ring (bicyclic) bond motifs is 1. The van der Waals surface area contributed by atoms with Gasteiger partial charge in [-0.05, 0) is 49.8 Å². The summed E-state index contributed by atoms with van der Waals surface area (Å²) in [4.78, 5) is 23.6. The van der Waals surface area contributed by atoms with E-state index in [-0.39, 0.29) is 18.6 Å². The number of aliphatic hydroxyl groups is 1. The molecule has 0 aliphatic carbocycles. The van der Waals surface area contributed by atoms with Crippen LogP contribution in [0.5, 0.6) is 0 Å². The molecule has 0 saturated heterocycles. The van der Waals surface area contributed by atoms with Crippen LogP contribution in [0.1, 0.15) is 27.5 Å². The summed E-state index contributed by atoms with van der Waals surface area (Å²) in [5.41, 5.74) is 5.09. The van der Waals surface area contributed by atoms with Crippen molar-refractivity contribution < 1.29 is 9.90 Å². The highest BCUT2D eigenvalue weighted by Crippen LogP contribution is 2.30. The van der Waals surface area contributed by atoms with Gasteiger partial charge in [0.2, 0.25) is 5.95 Å². The molecule has 10 heteroatoms. The van der Waals surface area contributed by atoms with Gasteiger partial charge in [-0.2, -0.15) is 10.1 Å². The van der Waals surface area contributed by atoms with E-state index in [4.69, 9.17) is 4.98 Å². The molecular formula is C28H32N8O2. The highest BCUT2D eigenvalue weighted by molar-refractivity contribution is 5.97. The van der Waals surface area contributed by atoms with Crippen molar-refractivity contribution in [2.75, 3.05) is 44.4 Å². The Morgan fingerprint density at radius 3 is 2.76 bits per heavy atom. The Balaban J connectivity index is 1.46. The van der Waals surface area contributed by atoms with E-state index in [1.54, 1.807) is 12.4 Å². The minimum Gasteiger partial charge on any atom is -0.394 e. The van der Waals surface area contributed by atoms with Gasteiger partial charge in [0, 0.05) is 47.9 Å². The van der Waals surface area contributed by atoms with Crippen LogP contribution in [-0.4, -0.2) is 69.5 Å². The van der Waals surface area contributed by atoms with Crippen LogP contribution in [0.2, 0.25) is 0 Å². The van der Waals surface area contributed by atoms with Gasteiger partial charge < -0.3 is 26.0 Å². The Morgan fingerprint density at radius 1 is 1.13 bits per heavy atom. The van der Waals surface area contributed by atoms with Gasteiger partial charge in [0.05, 0.1) is 25.4 Å². The molecule has 0 bridgehead atoms. The number of aliphatic hydroxyl groups excluding tert-OH is 1. The molecule has 0 unspecified atom stereocenters. The van der Waals surface area contributed by atoms with E-state index >= 15 is 0 Å². The fourth-order valence-corrected chi connectivity index (χ4v) is 4.41. The number of nitrogens with zero attached hydrogens (tertiary/aromatic N) is 5. The van der Waals surface area contributed by atoms with Crippen LogP contribution in [0.3, 0.4) is 0 Å². The number of carbonyl (C=O) groups is 1. The smallest absolute Gasteiger partial charge is 0.251 e. The van der Waals surface area contributed by atoms with Crippen molar-refractivity contribution in [3.05, 3.63) is 83.8 Å². The lowest BCUT2D eigenvalue weighted by atomic mass is 10.00. The minimum atomic E-state index is -0.358. The van der Waals surface area contributed by atoms with Gasteiger partial charge in [0.25, 0.3) is 5.91 Å². The molecule has 0 fully saturated rings. The zero-order valence-electron chi connectivity index (χ0n) is 21.6. The van der Waals surface area contributed by atoms with E-state index in [0.29, 0.717) is 23.9 Å². The van der Waals surface area contributed by atoms with Crippen LogP contribution < -0.4 is 16.0 Å². The Kier molecular flexibility index (Phi) is 7.62. The highest BCUT2D eigenvalue weighted by atomic mass is 16.3. The molecule has 3 heterocycles. The quantitative estimate of drug-likeness (QED) is 0.256. The maximum absolute atomic E-state index is 12.1. The minimum absolute atomic E-state index is 0.0491. The largest absolute Gasteiger partial charge is 0.394 e. The molecule has 0 saturated carbocycles. The molecule has 196 valence electrons. The monoisotopic (exact) mass is 512 g/mol. The van der Waals surface area contributed by atoms with Crippen molar-refractivity contribution in [1.82, 2.24) is 30.0 Å². The number of benzene rings is 2. The summed E-state index contributed by atoms with van der Waals surface area (Å²) in [5.74, 6) is 0.933. The van der Waals surface area contributed by atoms with Gasteiger partial charge >= 0.3 is 0 Å². The first-order chi connectivity index (χ1) is 18.5. The topological polar surface area (TPSA) is 120 Å². The van der Waals surface area contributed by atoms with Crippen LogP contribution in [0.15, 0.2) is 67.1 Å². The van der Waals surface area contributed by atoms with Crippen LogP contribution in [0.25, 0.3) is 11.1 Å². The summed E-state index contributed by atoms with van der Waals surface area (Å²) >= 11 is 0. The van der Waals surface area contributed by atoms with Crippen LogP contribution in [-0.2, 0) is 13.0 Å². The maximum atomic E-state index is 12.1. The third-order valence-electron chi connectivity index (χ3n) is 6.49. The number of hydrogen-bond donors (Lipinski definition) is 4. The van der Waals surface area contributed by atoms with Gasteiger partial charge in [0.1, 0.15) is 5.82 Å². The number of likely N-dealkylation sites (N-methyl/N-ethyl adjacent to an activating group) is 1. The fourth-order valence-electron chi connectivity index (χ4n) is 4.41. The Bertz CT molecular complexity index is 1400. The Labute approximate surface area is 221 Å². The van der Waals surface area contributed by atoms with Gasteiger partial charge in [-0.15, -0.1) is 0 Å². The molecule has 2 aromatic heterocycles. The number of aromatic nitrogens is 4. The van der Waals surface area contributed by atoms with Crippen molar-refractivity contribution in [1.29, 1.82) is 0 Å². The van der Waals surface area contributed by atoms with E-state index in [1.165, 1.54) is 0 Å². The number of amides is 1. The molecule has 10 nitrogen and oxygen atoms in total. The highest BCUT2D eigenvalue weighted by Gasteiger charge is 2.19. The Morgan fingerprint density at radius 2 is 1.97 bits per heavy atom. The molecule has 5 rings (SSSR count). The predicted octanol–water partition coefficient (Wildman–Crippen LogP) is 3.08. The standard InChI is InChI=1S/C28H32N8O2/c1-35(2)12-13-36-17-21(15-31-36)24-16-30-28(32-22-8-9-23-20(14-22)10-11-29-27(23)38)34-26(24)33-25(18-37)19-6-4-3-5-7-19/h3-9,14-17,25,37H,10-13,18H2,1-2H3,(H,29,38)(H2,30,32,33,34)/t25-/m1/s1. The van der Waals surface area contributed by atoms with Crippen LogP contribution in [0, 0.1) is 0 Å². The van der Waals surface area contributed by atoms with E-state index in [9.17, 15) is 9.90 Å². The third-order valence-corrected chi connectivity index (χ3v) is 6.49. The molecule has 1 atom stereocenters. The van der Waals surface area contributed by atoms with Crippen molar-refractivity contribution >= 4 is 23.4 Å². The number of anilines is 3. The summed E-state index contributed by atoms with van der Waals surface area (Å²) in [7, 11) is 4.06. The number of hydrogen-bond acceptors (Lipinski definition) is 8. The van der Waals surface area contributed by atoms with Gasteiger partial charge in [-0.3, -0.25) is 9.48 Å². The molecule has 1 aliphatic heterocycles. The number of nitrogens with one attached hydrogen (secondary N) is 3. The Hall–Kier alpha value is -4.28. The summed E-state index contributed by atoms with van der Waals surface area (Å²) < 4.78 is 1.90. The predicted molar refractivity (Wildman–Crippen MR) is 147 cm³/mol. The van der Waals surface area contributed by atoms with E-state index < -0.39 is 0 Å². The molecule has 4 N–H and O–H groups in total. The molecule has 4 aromatic rings. The molecular weight excluding hydrogens is 480 g/mol. The SMILES string of the molecule is CN(C)CCn1cc(-c2cnc(Nc3ccc4c(c3)CCNC4=O)nc2N[C@H](CO)c2ccccc2)cn1. The summed E-state index contributed by atoms with van der Waals surface area (Å²) in [6.45, 7) is 2.15. The lowest BCUT2D eigenvalue weighted by molar-refractivity contribution is 0.0946. The van der Waals surface area contributed by atoms with Gasteiger partial charge in [-0.1, -0.05) is 30.3 Å². The lowest BCUT2D eigenvalue weighted by Gasteiger charge is -2.20. The molecule has 0 spiro atoms. The molecule has 38 heavy (non-hydrogen) atoms. The summed E-state index contributed by atoms with van der Waals surface area (Å²) in [6, 6.07) is 15.0. The lowest BCUT2D eigenvalue weighted by Crippen LogP contribution is -2.31. The third kappa shape index (κ3) is 5.82. The molecule has 0 radical (unpaired) electrons. The first-order valence-electron chi connectivity index (χ1n) is 12.7. The second-order valence-corrected chi connectivity index (χ2v) is 9.54. The average Bonchev–Trinajstić information content (AvgIpc) is 3.40.